The molecule has 3 heterocycles. The van der Waals surface area contributed by atoms with Crippen LogP contribution in [0.3, 0.4) is 0 Å². The van der Waals surface area contributed by atoms with Crippen molar-refractivity contribution in [3.8, 4) is 0 Å². The zero-order chi connectivity index (χ0) is 22.0. The number of fused-ring (bicyclic) bond motifs is 1. The molecule has 1 aliphatic heterocycles. The Balaban J connectivity index is 1.35. The molecule has 0 radical (unpaired) electrons. The van der Waals surface area contributed by atoms with Crippen molar-refractivity contribution in [1.82, 2.24) is 24.3 Å². The van der Waals surface area contributed by atoms with E-state index in [0.717, 1.165) is 9.04 Å². The van der Waals surface area contributed by atoms with Gasteiger partial charge in [-0.05, 0) is 36.4 Å². The fourth-order valence-corrected chi connectivity index (χ4v) is 3.80. The van der Waals surface area contributed by atoms with Crippen LogP contribution in [0.1, 0.15) is 5.82 Å². The van der Waals surface area contributed by atoms with Crippen molar-refractivity contribution in [2.45, 2.75) is 12.7 Å². The molecule has 1 fully saturated rings. The van der Waals surface area contributed by atoms with E-state index in [0.29, 0.717) is 38.4 Å². The van der Waals surface area contributed by atoms with Gasteiger partial charge in [0.25, 0.3) is 0 Å². The van der Waals surface area contributed by atoms with Gasteiger partial charge in [0.05, 0.1) is 0 Å². The second-order valence-electron chi connectivity index (χ2n) is 7.20. The number of aromatic nitrogens is 3. The van der Waals surface area contributed by atoms with Gasteiger partial charge in [-0.3, -0.25) is 4.90 Å². The molecule has 31 heavy (non-hydrogen) atoms. The van der Waals surface area contributed by atoms with E-state index < -0.39 is 12.0 Å². The highest BCUT2D eigenvalue weighted by Crippen LogP contribution is 2.30. The van der Waals surface area contributed by atoms with Crippen LogP contribution in [-0.4, -0.2) is 63.1 Å². The molecular formula is C20H20BrF3N6O. The molecule has 0 unspecified atom stereocenters. The van der Waals surface area contributed by atoms with Gasteiger partial charge < -0.3 is 14.8 Å². The number of carbonyl (C=O) groups excluding carboxylic acids is 1. The highest BCUT2D eigenvalue weighted by Gasteiger charge is 2.38. The van der Waals surface area contributed by atoms with E-state index in [-0.39, 0.29) is 23.7 Å². The number of imidazole rings is 1. The molecule has 1 saturated heterocycles. The van der Waals surface area contributed by atoms with Crippen LogP contribution in [0.2, 0.25) is 0 Å². The van der Waals surface area contributed by atoms with Crippen LogP contribution in [0, 0.1) is 0 Å². The van der Waals surface area contributed by atoms with Gasteiger partial charge in [-0.2, -0.15) is 13.2 Å². The monoisotopic (exact) mass is 496 g/mol. The SMILES string of the molecule is O=C(Nc1ccc(Br)cc1)N1CCN(CCn2c(C(F)(F)F)nc3cccnc32)CC1. The number of hydrogen-bond acceptors (Lipinski definition) is 4. The van der Waals surface area contributed by atoms with Crippen molar-refractivity contribution in [2.75, 3.05) is 38.0 Å². The predicted molar refractivity (Wildman–Crippen MR) is 114 cm³/mol. The first kappa shape index (κ1) is 21.6. The molecule has 11 heteroatoms. The van der Waals surface area contributed by atoms with E-state index in [9.17, 15) is 18.0 Å². The molecule has 0 bridgehead atoms. The average Bonchev–Trinajstić information content (AvgIpc) is 3.13. The molecule has 1 aliphatic rings. The lowest BCUT2D eigenvalue weighted by Crippen LogP contribution is -2.50. The number of amides is 2. The third-order valence-corrected chi connectivity index (χ3v) is 5.68. The Morgan fingerprint density at radius 1 is 1.06 bits per heavy atom. The molecule has 7 nitrogen and oxygen atoms in total. The lowest BCUT2D eigenvalue weighted by molar-refractivity contribution is -0.147. The van der Waals surface area contributed by atoms with E-state index in [2.05, 4.69) is 31.2 Å². The average molecular weight is 497 g/mol. The first-order chi connectivity index (χ1) is 14.8. The minimum atomic E-state index is -4.55. The largest absolute Gasteiger partial charge is 0.449 e. The Labute approximate surface area is 185 Å². The Morgan fingerprint density at radius 3 is 2.45 bits per heavy atom. The number of nitrogens with one attached hydrogen (secondary N) is 1. The van der Waals surface area contributed by atoms with Gasteiger partial charge in [-0.1, -0.05) is 15.9 Å². The summed E-state index contributed by atoms with van der Waals surface area (Å²) in [7, 11) is 0. The maximum Gasteiger partial charge on any atom is 0.449 e. The number of pyridine rings is 1. The van der Waals surface area contributed by atoms with Gasteiger partial charge in [0.15, 0.2) is 5.65 Å². The van der Waals surface area contributed by atoms with Gasteiger partial charge >= 0.3 is 12.2 Å². The van der Waals surface area contributed by atoms with E-state index in [1.807, 2.05) is 17.0 Å². The summed E-state index contributed by atoms with van der Waals surface area (Å²) in [6, 6.07) is 10.2. The number of alkyl halides is 3. The summed E-state index contributed by atoms with van der Waals surface area (Å²) in [6.07, 6.45) is -3.09. The molecule has 2 aromatic heterocycles. The number of benzene rings is 1. The smallest absolute Gasteiger partial charge is 0.322 e. The van der Waals surface area contributed by atoms with Gasteiger partial charge in [-0.25, -0.2) is 14.8 Å². The quantitative estimate of drug-likeness (QED) is 0.591. The van der Waals surface area contributed by atoms with Crippen molar-refractivity contribution in [3.63, 3.8) is 0 Å². The second-order valence-corrected chi connectivity index (χ2v) is 8.11. The van der Waals surface area contributed by atoms with Gasteiger partial charge in [0.2, 0.25) is 5.82 Å². The Morgan fingerprint density at radius 2 is 1.77 bits per heavy atom. The summed E-state index contributed by atoms with van der Waals surface area (Å²) >= 11 is 3.35. The van der Waals surface area contributed by atoms with Crippen LogP contribution < -0.4 is 5.32 Å². The summed E-state index contributed by atoms with van der Waals surface area (Å²) in [5, 5.41) is 2.85. The molecule has 1 aromatic carbocycles. The molecule has 164 valence electrons. The van der Waals surface area contributed by atoms with Crippen LogP contribution in [0.15, 0.2) is 47.1 Å². The van der Waals surface area contributed by atoms with Crippen LogP contribution in [0.25, 0.3) is 11.2 Å². The van der Waals surface area contributed by atoms with Crippen LogP contribution in [-0.2, 0) is 12.7 Å². The molecule has 0 saturated carbocycles. The molecule has 2 amide bonds. The normalized spacial score (nSPS) is 15.4. The molecule has 0 spiro atoms. The summed E-state index contributed by atoms with van der Waals surface area (Å²) in [5.41, 5.74) is 1.15. The highest BCUT2D eigenvalue weighted by molar-refractivity contribution is 9.10. The van der Waals surface area contributed by atoms with Gasteiger partial charge in [0.1, 0.15) is 5.52 Å². The summed E-state index contributed by atoms with van der Waals surface area (Å²) in [5.74, 6) is -0.936. The van der Waals surface area contributed by atoms with Crippen molar-refractivity contribution in [1.29, 1.82) is 0 Å². The lowest BCUT2D eigenvalue weighted by atomic mass is 10.3. The fraction of sp³-hybridized carbons (Fsp3) is 0.350. The lowest BCUT2D eigenvalue weighted by Gasteiger charge is -2.34. The Bertz CT molecular complexity index is 1060. The molecule has 3 aromatic rings. The number of piperazine rings is 1. The predicted octanol–water partition coefficient (Wildman–Crippen LogP) is 4.06. The number of halogens is 4. The van der Waals surface area contributed by atoms with Gasteiger partial charge in [0, 0.05) is 55.6 Å². The van der Waals surface area contributed by atoms with Crippen molar-refractivity contribution in [3.05, 3.63) is 52.9 Å². The van der Waals surface area contributed by atoms with Gasteiger partial charge in [-0.15, -0.1) is 0 Å². The Kier molecular flexibility index (Phi) is 6.15. The third kappa shape index (κ3) is 4.99. The Hall–Kier alpha value is -2.66. The molecule has 1 N–H and O–H groups in total. The van der Waals surface area contributed by atoms with E-state index >= 15 is 0 Å². The van der Waals surface area contributed by atoms with Crippen molar-refractivity contribution >= 4 is 38.8 Å². The summed E-state index contributed by atoms with van der Waals surface area (Å²) in [4.78, 5) is 24.0. The topological polar surface area (TPSA) is 66.3 Å². The molecule has 0 aliphatic carbocycles. The molecule has 0 atom stereocenters. The highest BCUT2D eigenvalue weighted by atomic mass is 79.9. The second kappa shape index (κ2) is 8.83. The van der Waals surface area contributed by atoms with Crippen LogP contribution >= 0.6 is 15.9 Å². The zero-order valence-electron chi connectivity index (χ0n) is 16.4. The number of hydrogen-bond donors (Lipinski definition) is 1. The number of nitrogens with zero attached hydrogens (tertiary/aromatic N) is 5. The fourth-order valence-electron chi connectivity index (χ4n) is 3.54. The summed E-state index contributed by atoms with van der Waals surface area (Å²) in [6.45, 7) is 2.68. The van der Waals surface area contributed by atoms with E-state index in [4.69, 9.17) is 0 Å². The maximum atomic E-state index is 13.4. The van der Waals surface area contributed by atoms with Crippen molar-refractivity contribution < 1.29 is 18.0 Å². The number of anilines is 1. The maximum absolute atomic E-state index is 13.4. The molecule has 4 rings (SSSR count). The summed E-state index contributed by atoms with van der Waals surface area (Å²) < 4.78 is 42.3. The zero-order valence-corrected chi connectivity index (χ0v) is 18.0. The van der Waals surface area contributed by atoms with E-state index in [1.165, 1.54) is 12.3 Å². The van der Waals surface area contributed by atoms with Crippen molar-refractivity contribution in [2.24, 2.45) is 0 Å². The first-order valence-corrected chi connectivity index (χ1v) is 10.5. The van der Waals surface area contributed by atoms with Crippen LogP contribution in [0.4, 0.5) is 23.7 Å². The number of carbonyl (C=O) groups is 1. The number of urea groups is 1. The first-order valence-electron chi connectivity index (χ1n) is 9.73. The molecular weight excluding hydrogens is 477 g/mol. The third-order valence-electron chi connectivity index (χ3n) is 5.15. The van der Waals surface area contributed by atoms with E-state index in [1.54, 1.807) is 23.1 Å². The minimum absolute atomic E-state index is 0.118. The minimum Gasteiger partial charge on any atom is -0.322 e. The van der Waals surface area contributed by atoms with Crippen LogP contribution in [0.5, 0.6) is 0 Å². The standard InChI is InChI=1S/C20H20BrF3N6O/c21-14-3-5-15(6-4-14)26-19(31)29-11-8-28(9-12-29)10-13-30-17-16(2-1-7-25-17)27-18(30)20(22,23)24/h1-7H,8-13H2,(H,26,31). The number of rotatable bonds is 4.